The molecule has 0 bridgehead atoms. The van der Waals surface area contributed by atoms with E-state index in [-0.39, 0.29) is 12.1 Å². The van der Waals surface area contributed by atoms with Gasteiger partial charge in [-0.05, 0) is 36.4 Å². The first-order chi connectivity index (χ1) is 20.1. The summed E-state index contributed by atoms with van der Waals surface area (Å²) < 4.78 is 0. The number of carbonyl (C=O) groups is 1. The fourth-order valence-electron chi connectivity index (χ4n) is 5.56. The van der Waals surface area contributed by atoms with Crippen molar-refractivity contribution in [1.29, 1.82) is 0 Å². The summed E-state index contributed by atoms with van der Waals surface area (Å²) in [4.78, 5) is 26.3. The third-order valence-corrected chi connectivity index (χ3v) is 7.79. The first-order valence-electron chi connectivity index (χ1n) is 13.8. The number of hydrogen-bond donors (Lipinski definition) is 4. The topological polar surface area (TPSA) is 114 Å². The lowest BCUT2D eigenvalue weighted by Gasteiger charge is -2.34. The fourth-order valence-corrected chi connectivity index (χ4v) is 5.56. The van der Waals surface area contributed by atoms with E-state index in [0.29, 0.717) is 12.1 Å². The van der Waals surface area contributed by atoms with Gasteiger partial charge in [0.25, 0.3) is 0 Å². The van der Waals surface area contributed by atoms with Gasteiger partial charge in [-0.1, -0.05) is 36.4 Å². The van der Waals surface area contributed by atoms with Gasteiger partial charge in [-0.3, -0.25) is 19.9 Å². The SMILES string of the molecule is CN1CCN(c2cncc3c2NC(c2[nH]nc4ccc(-c5cncc(NC(=O)Cc6ccccc6)c5)cc24)N3)CC1. The van der Waals surface area contributed by atoms with Crippen LogP contribution in [-0.2, 0) is 11.2 Å². The van der Waals surface area contributed by atoms with Gasteiger partial charge in [0.15, 0.2) is 0 Å². The third-order valence-electron chi connectivity index (χ3n) is 7.79. The number of amides is 1. The number of carbonyl (C=O) groups excluding carboxylic acids is 1. The van der Waals surface area contributed by atoms with E-state index in [4.69, 9.17) is 0 Å². The number of nitrogens with zero attached hydrogens (tertiary/aromatic N) is 5. The minimum atomic E-state index is -0.178. The normalized spacial score (nSPS) is 16.7. The van der Waals surface area contributed by atoms with Crippen molar-refractivity contribution in [3.63, 3.8) is 0 Å². The molecule has 0 radical (unpaired) electrons. The largest absolute Gasteiger partial charge is 0.366 e. The molecule has 10 heteroatoms. The second-order valence-corrected chi connectivity index (χ2v) is 10.6. The van der Waals surface area contributed by atoms with Crippen molar-refractivity contribution in [3.8, 4) is 11.1 Å². The number of piperazine rings is 1. The van der Waals surface area contributed by atoms with Gasteiger partial charge in [-0.2, -0.15) is 5.10 Å². The van der Waals surface area contributed by atoms with Crippen molar-refractivity contribution in [3.05, 3.63) is 90.6 Å². The van der Waals surface area contributed by atoms with Crippen LogP contribution in [-0.4, -0.2) is 64.2 Å². The van der Waals surface area contributed by atoms with Crippen LogP contribution in [0.2, 0.25) is 0 Å². The minimum absolute atomic E-state index is 0.0777. The maximum atomic E-state index is 12.6. The molecule has 10 nitrogen and oxygen atoms in total. The molecule has 1 fully saturated rings. The van der Waals surface area contributed by atoms with Crippen molar-refractivity contribution in [2.75, 3.05) is 54.1 Å². The Bertz CT molecular complexity index is 1710. The van der Waals surface area contributed by atoms with Crippen LogP contribution in [0, 0.1) is 0 Å². The Morgan fingerprint density at radius 1 is 0.927 bits per heavy atom. The Morgan fingerprint density at radius 2 is 1.76 bits per heavy atom. The Hall–Kier alpha value is -4.96. The molecule has 2 aromatic carbocycles. The van der Waals surface area contributed by atoms with Crippen LogP contribution in [0.15, 0.2) is 79.4 Å². The zero-order valence-electron chi connectivity index (χ0n) is 22.8. The van der Waals surface area contributed by atoms with Gasteiger partial charge < -0.3 is 25.8 Å². The molecule has 1 saturated heterocycles. The summed E-state index contributed by atoms with van der Waals surface area (Å²) in [5, 5.41) is 19.1. The number of aromatic amines is 1. The fraction of sp³-hybridized carbons (Fsp3) is 0.226. The first kappa shape index (κ1) is 25.0. The van der Waals surface area contributed by atoms with Gasteiger partial charge in [0.05, 0.1) is 59.0 Å². The van der Waals surface area contributed by atoms with E-state index < -0.39 is 0 Å². The lowest BCUT2D eigenvalue weighted by atomic mass is 10.0. The number of anilines is 4. The summed E-state index contributed by atoms with van der Waals surface area (Å²) in [5.74, 6) is -0.0777. The standard InChI is InChI=1S/C31H31N9O/c1-39-9-11-40(12-10-39)27-19-33-18-26-30(27)36-31(35-26)29-24-15-21(7-8-25(24)37-38-29)22-14-23(17-32-16-22)34-28(41)13-20-5-3-2-4-6-20/h2-8,14-19,31,35-36H,9-13H2,1H3,(H,34,41)(H,37,38). The number of hydrogen-bond acceptors (Lipinski definition) is 8. The van der Waals surface area contributed by atoms with Gasteiger partial charge in [0.2, 0.25) is 5.91 Å². The molecule has 3 aromatic heterocycles. The van der Waals surface area contributed by atoms with E-state index in [1.165, 1.54) is 0 Å². The Kier molecular flexibility index (Phi) is 6.44. The predicted octanol–water partition coefficient (Wildman–Crippen LogP) is 4.49. The second-order valence-electron chi connectivity index (χ2n) is 10.6. The van der Waals surface area contributed by atoms with E-state index in [9.17, 15) is 4.79 Å². The summed E-state index contributed by atoms with van der Waals surface area (Å²) in [6.07, 6.45) is 7.43. The van der Waals surface area contributed by atoms with Crippen molar-refractivity contribution in [2.24, 2.45) is 0 Å². The summed E-state index contributed by atoms with van der Waals surface area (Å²) >= 11 is 0. The van der Waals surface area contributed by atoms with E-state index >= 15 is 0 Å². The van der Waals surface area contributed by atoms with Gasteiger partial charge in [0.1, 0.15) is 6.17 Å². The number of pyridine rings is 2. The van der Waals surface area contributed by atoms with Crippen LogP contribution in [0.5, 0.6) is 0 Å². The number of nitrogens with one attached hydrogen (secondary N) is 4. The molecule has 4 N–H and O–H groups in total. The Balaban J connectivity index is 1.12. The molecule has 0 spiro atoms. The Labute approximate surface area is 237 Å². The van der Waals surface area contributed by atoms with Crippen molar-refractivity contribution < 1.29 is 4.79 Å². The lowest BCUT2D eigenvalue weighted by molar-refractivity contribution is -0.115. The minimum Gasteiger partial charge on any atom is -0.366 e. The quantitative estimate of drug-likeness (QED) is 0.247. The maximum Gasteiger partial charge on any atom is 0.228 e. The first-order valence-corrected chi connectivity index (χ1v) is 13.8. The van der Waals surface area contributed by atoms with E-state index in [0.717, 1.165) is 76.5 Å². The zero-order valence-corrected chi connectivity index (χ0v) is 22.8. The second kappa shape index (κ2) is 10.5. The Morgan fingerprint density at radius 3 is 2.61 bits per heavy atom. The van der Waals surface area contributed by atoms with Gasteiger partial charge in [-0.15, -0.1) is 0 Å². The molecular weight excluding hydrogens is 514 g/mol. The molecule has 1 unspecified atom stereocenters. The number of H-pyrrole nitrogens is 1. The van der Waals surface area contributed by atoms with Crippen LogP contribution in [0.25, 0.3) is 22.0 Å². The van der Waals surface area contributed by atoms with E-state index in [2.05, 4.69) is 59.0 Å². The summed E-state index contributed by atoms with van der Waals surface area (Å²) in [7, 11) is 2.16. The number of fused-ring (bicyclic) bond motifs is 2. The summed E-state index contributed by atoms with van der Waals surface area (Å²) in [5.41, 5.74) is 8.51. The average molecular weight is 546 g/mol. The van der Waals surface area contributed by atoms with Crippen LogP contribution < -0.4 is 20.9 Å². The van der Waals surface area contributed by atoms with Gasteiger partial charge in [0, 0.05) is 43.3 Å². The summed E-state index contributed by atoms with van der Waals surface area (Å²) in [6, 6.07) is 17.8. The molecule has 5 aromatic rings. The van der Waals surface area contributed by atoms with Gasteiger partial charge in [-0.25, -0.2) is 0 Å². The molecule has 1 atom stereocenters. The van der Waals surface area contributed by atoms with E-state index in [1.807, 2.05) is 67.1 Å². The number of rotatable bonds is 6. The number of benzene rings is 2. The van der Waals surface area contributed by atoms with Crippen LogP contribution in [0.1, 0.15) is 17.4 Å². The highest BCUT2D eigenvalue weighted by Crippen LogP contribution is 2.42. The average Bonchev–Trinajstić information content (AvgIpc) is 3.62. The lowest BCUT2D eigenvalue weighted by Crippen LogP contribution is -2.44. The molecule has 2 aliphatic heterocycles. The van der Waals surface area contributed by atoms with Crippen LogP contribution in [0.4, 0.5) is 22.7 Å². The molecule has 1 amide bonds. The highest BCUT2D eigenvalue weighted by molar-refractivity contribution is 5.94. The molecule has 41 heavy (non-hydrogen) atoms. The predicted molar refractivity (Wildman–Crippen MR) is 162 cm³/mol. The number of likely N-dealkylation sites (N-methyl/N-ethyl adjacent to an activating group) is 1. The summed E-state index contributed by atoms with van der Waals surface area (Å²) in [6.45, 7) is 4.00. The molecule has 0 saturated carbocycles. The van der Waals surface area contributed by atoms with Crippen molar-refractivity contribution in [2.45, 2.75) is 12.6 Å². The van der Waals surface area contributed by atoms with Crippen molar-refractivity contribution in [1.82, 2.24) is 25.1 Å². The molecule has 2 aliphatic rings. The molecular formula is C31H31N9O. The highest BCUT2D eigenvalue weighted by atomic mass is 16.1. The monoisotopic (exact) mass is 545 g/mol. The maximum absolute atomic E-state index is 12.6. The zero-order chi connectivity index (χ0) is 27.8. The number of aromatic nitrogens is 4. The highest BCUT2D eigenvalue weighted by Gasteiger charge is 2.29. The molecule has 5 heterocycles. The molecule has 206 valence electrons. The van der Waals surface area contributed by atoms with Crippen LogP contribution >= 0.6 is 0 Å². The van der Waals surface area contributed by atoms with E-state index in [1.54, 1.807) is 6.20 Å². The van der Waals surface area contributed by atoms with Crippen LogP contribution in [0.3, 0.4) is 0 Å². The third kappa shape index (κ3) is 5.05. The van der Waals surface area contributed by atoms with Crippen molar-refractivity contribution >= 4 is 39.6 Å². The molecule has 7 rings (SSSR count). The molecule has 0 aliphatic carbocycles. The van der Waals surface area contributed by atoms with Gasteiger partial charge >= 0.3 is 0 Å². The smallest absolute Gasteiger partial charge is 0.228 e.